The van der Waals surface area contributed by atoms with Gasteiger partial charge < -0.3 is 16.0 Å². The molecule has 3 amide bonds. The van der Waals surface area contributed by atoms with Crippen molar-refractivity contribution in [2.75, 3.05) is 0 Å². The SMILES string of the molecule is O=C(NC1C2CC3CC(C2)CC1C3)c1cc(C(=O)NC2C3CC4CC(C3)CC2C4)cc(C(=O)NC2C3CC4CC(C3)CC2C4)c1. The molecule has 0 heterocycles. The molecule has 0 aliphatic heterocycles. The van der Waals surface area contributed by atoms with Crippen LogP contribution in [0.2, 0.25) is 0 Å². The number of hydrogen-bond acceptors (Lipinski definition) is 3. The van der Waals surface area contributed by atoms with E-state index in [0.717, 1.165) is 35.5 Å². The number of nitrogens with one attached hydrogen (secondary N) is 3. The Kier molecular flexibility index (Phi) is 6.35. The lowest BCUT2D eigenvalue weighted by molar-refractivity contribution is -0.0121. The van der Waals surface area contributed by atoms with Crippen molar-refractivity contribution in [3.63, 3.8) is 0 Å². The first-order chi connectivity index (χ1) is 21.9. The van der Waals surface area contributed by atoms with Crippen LogP contribution < -0.4 is 16.0 Å². The summed E-state index contributed by atoms with van der Waals surface area (Å²) in [5.41, 5.74) is 1.41. The van der Waals surface area contributed by atoms with Gasteiger partial charge in [-0.1, -0.05) is 0 Å². The van der Waals surface area contributed by atoms with E-state index in [1.807, 2.05) is 0 Å². The average molecular weight is 610 g/mol. The molecule has 12 aliphatic carbocycles. The van der Waals surface area contributed by atoms with E-state index in [9.17, 15) is 14.4 Å². The molecule has 13 rings (SSSR count). The summed E-state index contributed by atoms with van der Waals surface area (Å²) in [7, 11) is 0. The first kappa shape index (κ1) is 27.7. The highest BCUT2D eigenvalue weighted by Crippen LogP contribution is 2.56. The summed E-state index contributed by atoms with van der Waals surface area (Å²) < 4.78 is 0. The Morgan fingerprint density at radius 2 is 0.556 bits per heavy atom. The zero-order valence-electron chi connectivity index (χ0n) is 26.7. The van der Waals surface area contributed by atoms with Gasteiger partial charge in [-0.3, -0.25) is 14.4 Å². The third-order valence-corrected chi connectivity index (χ3v) is 15.3. The van der Waals surface area contributed by atoms with Crippen LogP contribution in [0.4, 0.5) is 0 Å². The second kappa shape index (κ2) is 10.3. The second-order valence-corrected chi connectivity index (χ2v) is 18.1. The summed E-state index contributed by atoms with van der Waals surface area (Å²) in [5, 5.41) is 10.4. The van der Waals surface area contributed by atoms with Gasteiger partial charge in [0.05, 0.1) is 0 Å². The van der Waals surface area contributed by atoms with E-state index >= 15 is 0 Å². The predicted molar refractivity (Wildman–Crippen MR) is 171 cm³/mol. The molecule has 1 aromatic rings. The van der Waals surface area contributed by atoms with Crippen LogP contribution in [0.25, 0.3) is 0 Å². The fourth-order valence-electron chi connectivity index (χ4n) is 14.2. The third-order valence-electron chi connectivity index (χ3n) is 15.3. The second-order valence-electron chi connectivity index (χ2n) is 18.1. The molecule has 12 bridgehead atoms. The van der Waals surface area contributed by atoms with Crippen molar-refractivity contribution < 1.29 is 14.4 Å². The fourth-order valence-corrected chi connectivity index (χ4v) is 14.2. The Labute approximate surface area is 268 Å². The van der Waals surface area contributed by atoms with Crippen molar-refractivity contribution in [2.24, 2.45) is 71.0 Å². The summed E-state index contributed by atoms with van der Waals surface area (Å²) in [5.74, 6) is 8.20. The van der Waals surface area contributed by atoms with Crippen LogP contribution in [0.5, 0.6) is 0 Å². The van der Waals surface area contributed by atoms with Crippen molar-refractivity contribution >= 4 is 17.7 Å². The molecule has 12 saturated carbocycles. The molecule has 0 aromatic heterocycles. The number of hydrogen-bond donors (Lipinski definition) is 3. The average Bonchev–Trinajstić information content (AvgIpc) is 3.01. The molecule has 6 nitrogen and oxygen atoms in total. The Morgan fingerprint density at radius 3 is 0.756 bits per heavy atom. The number of amides is 3. The van der Waals surface area contributed by atoms with Crippen molar-refractivity contribution in [3.8, 4) is 0 Å². The number of carbonyl (C=O) groups is 3. The van der Waals surface area contributed by atoms with Crippen LogP contribution in [-0.2, 0) is 0 Å². The van der Waals surface area contributed by atoms with E-state index in [-0.39, 0.29) is 35.8 Å². The van der Waals surface area contributed by atoms with Crippen LogP contribution in [-0.4, -0.2) is 35.8 Å². The van der Waals surface area contributed by atoms with Crippen LogP contribution in [0.1, 0.15) is 127 Å². The van der Waals surface area contributed by atoms with Crippen LogP contribution >= 0.6 is 0 Å². The molecule has 6 heteroatoms. The highest BCUT2D eigenvalue weighted by Gasteiger charge is 2.51. The molecule has 12 aliphatic rings. The van der Waals surface area contributed by atoms with E-state index in [0.29, 0.717) is 52.2 Å². The molecule has 1 aromatic carbocycles. The minimum absolute atomic E-state index is 0.111. The first-order valence-electron chi connectivity index (χ1n) is 19.0. The van der Waals surface area contributed by atoms with Crippen molar-refractivity contribution in [1.29, 1.82) is 0 Å². The van der Waals surface area contributed by atoms with Crippen LogP contribution in [0, 0.1) is 71.0 Å². The van der Waals surface area contributed by atoms with E-state index in [1.54, 1.807) is 18.2 Å². The van der Waals surface area contributed by atoms with Gasteiger partial charge in [0, 0.05) is 34.8 Å². The van der Waals surface area contributed by atoms with E-state index in [2.05, 4.69) is 16.0 Å². The van der Waals surface area contributed by atoms with E-state index < -0.39 is 0 Å². The summed E-state index contributed by atoms with van der Waals surface area (Å²) in [6.07, 6.45) is 19.1. The fraction of sp³-hybridized carbons (Fsp3) is 0.769. The number of benzene rings is 1. The standard InChI is InChI=1S/C39H51N3O3/c43-37(40-34-25-4-19-1-20(6-25)7-26(34)5-19)31-16-32(38(44)41-35-27-8-21-2-22(10-27)11-28(35)9-21)18-33(17-31)39(45)42-36-29-12-23-3-24(14-29)15-30(36)13-23/h16-30,34-36H,1-15H2,(H,40,43)(H,41,44)(H,42,45). The summed E-state index contributed by atoms with van der Waals surface area (Å²) >= 11 is 0. The quantitative estimate of drug-likeness (QED) is 0.351. The maximum absolute atomic E-state index is 14.0. The monoisotopic (exact) mass is 609 g/mol. The molecule has 0 saturated heterocycles. The van der Waals surface area contributed by atoms with E-state index in [1.165, 1.54) is 96.3 Å². The van der Waals surface area contributed by atoms with Gasteiger partial charge in [-0.25, -0.2) is 0 Å². The number of rotatable bonds is 6. The zero-order chi connectivity index (χ0) is 30.0. The molecule has 45 heavy (non-hydrogen) atoms. The van der Waals surface area contributed by atoms with Gasteiger partial charge in [0.2, 0.25) is 0 Å². The lowest BCUT2D eigenvalue weighted by Crippen LogP contribution is -2.56. The predicted octanol–water partition coefficient (Wildman–Crippen LogP) is 6.35. The summed E-state index contributed by atoms with van der Waals surface area (Å²) in [6.45, 7) is 0. The zero-order valence-corrected chi connectivity index (χ0v) is 26.7. The first-order valence-corrected chi connectivity index (χ1v) is 19.0. The largest absolute Gasteiger partial charge is 0.349 e. The van der Waals surface area contributed by atoms with Gasteiger partial charge in [0.1, 0.15) is 0 Å². The third kappa shape index (κ3) is 4.73. The Morgan fingerprint density at radius 1 is 0.356 bits per heavy atom. The molecular weight excluding hydrogens is 558 g/mol. The molecular formula is C39H51N3O3. The summed E-state index contributed by atoms with van der Waals surface area (Å²) in [6, 6.07) is 5.99. The molecule has 3 N–H and O–H groups in total. The number of carbonyl (C=O) groups excluding carboxylic acids is 3. The summed E-state index contributed by atoms with van der Waals surface area (Å²) in [4.78, 5) is 42.0. The smallest absolute Gasteiger partial charge is 0.251 e. The molecule has 0 unspecified atom stereocenters. The van der Waals surface area contributed by atoms with Gasteiger partial charge in [-0.05, 0) is 186 Å². The Balaban J connectivity index is 0.919. The lowest BCUT2D eigenvalue weighted by atomic mass is 9.54. The molecule has 240 valence electrons. The van der Waals surface area contributed by atoms with Gasteiger partial charge in [-0.15, -0.1) is 0 Å². The molecule has 0 spiro atoms. The maximum Gasteiger partial charge on any atom is 0.251 e. The van der Waals surface area contributed by atoms with Crippen molar-refractivity contribution in [2.45, 2.75) is 114 Å². The van der Waals surface area contributed by atoms with Crippen molar-refractivity contribution in [3.05, 3.63) is 34.9 Å². The van der Waals surface area contributed by atoms with Gasteiger partial charge in [-0.2, -0.15) is 0 Å². The van der Waals surface area contributed by atoms with Gasteiger partial charge >= 0.3 is 0 Å². The van der Waals surface area contributed by atoms with Gasteiger partial charge in [0.15, 0.2) is 0 Å². The molecule has 0 atom stereocenters. The van der Waals surface area contributed by atoms with Crippen molar-refractivity contribution in [1.82, 2.24) is 16.0 Å². The van der Waals surface area contributed by atoms with Crippen LogP contribution in [0.15, 0.2) is 18.2 Å². The lowest BCUT2D eigenvalue weighted by Gasteiger charge is -2.54. The minimum atomic E-state index is -0.111. The highest BCUT2D eigenvalue weighted by molar-refractivity contribution is 6.04. The highest BCUT2D eigenvalue weighted by atomic mass is 16.2. The molecule has 0 radical (unpaired) electrons. The van der Waals surface area contributed by atoms with Gasteiger partial charge in [0.25, 0.3) is 17.7 Å². The van der Waals surface area contributed by atoms with Crippen LogP contribution in [0.3, 0.4) is 0 Å². The minimum Gasteiger partial charge on any atom is -0.349 e. The Hall–Kier alpha value is -2.37. The normalized spacial score (nSPS) is 47.6. The topological polar surface area (TPSA) is 87.3 Å². The van der Waals surface area contributed by atoms with E-state index in [4.69, 9.17) is 0 Å². The Bertz CT molecular complexity index is 1150. The maximum atomic E-state index is 14.0. The molecule has 12 fully saturated rings.